The summed E-state index contributed by atoms with van der Waals surface area (Å²) in [6.45, 7) is 0. The molecule has 0 aliphatic carbocycles. The second kappa shape index (κ2) is 4.17. The highest BCUT2D eigenvalue weighted by Crippen LogP contribution is 2.37. The van der Waals surface area contributed by atoms with Gasteiger partial charge in [0.15, 0.2) is 0 Å². The number of alkyl halides is 10. The number of nitrogens with zero attached hydrogens (tertiary/aromatic N) is 2. The first kappa shape index (κ1) is 15.7. The van der Waals surface area contributed by atoms with Crippen molar-refractivity contribution in [1.82, 2.24) is 0 Å². The van der Waals surface area contributed by atoms with Gasteiger partial charge < -0.3 is 0 Å². The van der Waals surface area contributed by atoms with Crippen LogP contribution in [-0.2, 0) is 0 Å². The van der Waals surface area contributed by atoms with Crippen molar-refractivity contribution in [2.24, 2.45) is 9.98 Å². The van der Waals surface area contributed by atoms with E-state index in [0.29, 0.717) is 0 Å². The fraction of sp³-hybridized carbons (Fsp3) is 0.800. The predicted octanol–water partition coefficient (Wildman–Crippen LogP) is 3.47. The first-order valence-electron chi connectivity index (χ1n) is 3.28. The largest absolute Gasteiger partial charge is 0.478 e. The first-order chi connectivity index (χ1) is 7.21. The van der Waals surface area contributed by atoms with Gasteiger partial charge in [0.05, 0.1) is 0 Å². The highest BCUT2D eigenvalue weighted by Gasteiger charge is 2.60. The average molecular weight is 278 g/mol. The lowest BCUT2D eigenvalue weighted by Gasteiger charge is -2.13. The number of aliphatic imine (C=N–C) groups is 2. The highest BCUT2D eigenvalue weighted by molar-refractivity contribution is 5.42. The van der Waals surface area contributed by atoms with Crippen molar-refractivity contribution < 1.29 is 43.9 Å². The van der Waals surface area contributed by atoms with Gasteiger partial charge in [-0.25, -0.2) is 0 Å². The van der Waals surface area contributed by atoms with Gasteiger partial charge in [-0.05, 0) is 0 Å². The maximum atomic E-state index is 11.9. The predicted molar refractivity (Wildman–Crippen MR) is 31.9 cm³/mol. The zero-order valence-electron chi connectivity index (χ0n) is 7.17. The normalized spacial score (nSPS) is 14.2. The Morgan fingerprint density at radius 3 is 0.941 bits per heavy atom. The Morgan fingerprint density at radius 1 is 0.529 bits per heavy atom. The van der Waals surface area contributed by atoms with Gasteiger partial charge in [-0.3, -0.25) is 0 Å². The maximum absolute atomic E-state index is 11.9. The molecule has 100 valence electrons. The topological polar surface area (TPSA) is 24.7 Å². The Hall–Kier alpha value is -1.32. The van der Waals surface area contributed by atoms with Crippen molar-refractivity contribution in [1.29, 1.82) is 0 Å². The van der Waals surface area contributed by atoms with Crippen LogP contribution >= 0.6 is 0 Å². The summed E-state index contributed by atoms with van der Waals surface area (Å²) in [6, 6.07) is -11.7. The summed E-state index contributed by atoms with van der Waals surface area (Å²) in [4.78, 5) is 2.14. The summed E-state index contributed by atoms with van der Waals surface area (Å²) in [5.41, 5.74) is 0. The third-order valence-corrected chi connectivity index (χ3v) is 1.06. The minimum atomic E-state index is -6.25. The van der Waals surface area contributed by atoms with E-state index < -0.39 is 24.4 Å². The van der Waals surface area contributed by atoms with E-state index in [4.69, 9.17) is 0 Å². The van der Waals surface area contributed by atoms with Crippen molar-refractivity contribution in [2.45, 2.75) is 24.4 Å². The van der Waals surface area contributed by atoms with Crippen LogP contribution in [0.5, 0.6) is 0 Å². The van der Waals surface area contributed by atoms with Crippen LogP contribution in [0.25, 0.3) is 0 Å². The molecule has 0 heterocycles. The molecule has 0 aromatic heterocycles. The summed E-state index contributed by atoms with van der Waals surface area (Å²) in [5.74, 6) is 0. The van der Waals surface area contributed by atoms with Crippen LogP contribution in [-0.4, -0.2) is 30.5 Å². The molecule has 0 atom stereocenters. The second-order valence-electron chi connectivity index (χ2n) is 2.40. The minimum Gasteiger partial charge on any atom is -0.170 e. The van der Waals surface area contributed by atoms with Crippen LogP contribution in [0, 0.1) is 0 Å². The fourth-order valence-electron chi connectivity index (χ4n) is 0.277. The lowest BCUT2D eigenvalue weighted by atomic mass is 10.5. The third-order valence-electron chi connectivity index (χ3n) is 1.06. The molecule has 0 aromatic carbocycles. The second-order valence-corrected chi connectivity index (χ2v) is 2.40. The summed E-state index contributed by atoms with van der Waals surface area (Å²) in [7, 11) is 0. The Labute approximate surface area is 85.6 Å². The van der Waals surface area contributed by atoms with E-state index in [2.05, 4.69) is 0 Å². The van der Waals surface area contributed by atoms with Gasteiger partial charge in [-0.15, -0.1) is 9.98 Å². The molecule has 0 saturated heterocycles. The Bertz CT molecular complexity index is 300. The fourth-order valence-corrected chi connectivity index (χ4v) is 0.277. The van der Waals surface area contributed by atoms with Crippen molar-refractivity contribution in [2.75, 3.05) is 0 Å². The summed E-state index contributed by atoms with van der Waals surface area (Å²) in [5, 5.41) is 0. The Morgan fingerprint density at radius 2 is 0.765 bits per heavy atom. The van der Waals surface area contributed by atoms with Gasteiger partial charge >= 0.3 is 24.4 Å². The molecular weight excluding hydrogens is 278 g/mol. The molecule has 0 radical (unpaired) electrons. The maximum Gasteiger partial charge on any atom is 0.478 e. The van der Waals surface area contributed by atoms with Gasteiger partial charge in [-0.2, -0.15) is 43.9 Å². The zero-order valence-corrected chi connectivity index (χ0v) is 7.17. The standard InChI is InChI=1S/C5F10N2/c6-2(7,8)4(12,13)16-1-17-5(14,15)3(9,10)11. The molecule has 0 unspecified atom stereocenters. The number of hydrogen-bond donors (Lipinski definition) is 0. The van der Waals surface area contributed by atoms with Crippen LogP contribution in [0.15, 0.2) is 9.98 Å². The summed E-state index contributed by atoms with van der Waals surface area (Å²) >= 11 is 0. The molecule has 12 heteroatoms. The molecule has 0 rings (SSSR count). The van der Waals surface area contributed by atoms with Crippen molar-refractivity contribution in [3.63, 3.8) is 0 Å². The molecule has 0 spiro atoms. The van der Waals surface area contributed by atoms with E-state index >= 15 is 0 Å². The van der Waals surface area contributed by atoms with Gasteiger partial charge in [0, 0.05) is 0 Å². The summed E-state index contributed by atoms with van der Waals surface area (Å²) < 4.78 is 116. The van der Waals surface area contributed by atoms with Gasteiger partial charge in [0.25, 0.3) is 0 Å². The van der Waals surface area contributed by atoms with Crippen molar-refractivity contribution in [3.05, 3.63) is 0 Å². The number of rotatable bonds is 2. The first-order valence-corrected chi connectivity index (χ1v) is 3.28. The van der Waals surface area contributed by atoms with Crippen LogP contribution in [0.3, 0.4) is 0 Å². The van der Waals surface area contributed by atoms with E-state index in [9.17, 15) is 43.9 Å². The van der Waals surface area contributed by atoms with E-state index in [1.807, 2.05) is 0 Å². The highest BCUT2D eigenvalue weighted by atomic mass is 19.4. The Kier molecular flexibility index (Phi) is 3.84. The third kappa shape index (κ3) is 3.88. The molecule has 0 N–H and O–H groups in total. The van der Waals surface area contributed by atoms with E-state index in [1.54, 1.807) is 0 Å². The van der Waals surface area contributed by atoms with Gasteiger partial charge in [0.1, 0.15) is 6.01 Å². The average Bonchev–Trinajstić information content (AvgIpc) is 1.98. The van der Waals surface area contributed by atoms with Gasteiger partial charge in [-0.1, -0.05) is 0 Å². The monoisotopic (exact) mass is 278 g/mol. The quantitative estimate of drug-likeness (QED) is 0.420. The van der Waals surface area contributed by atoms with E-state index in [1.165, 1.54) is 0 Å². The van der Waals surface area contributed by atoms with Crippen molar-refractivity contribution in [3.8, 4) is 0 Å². The molecule has 0 aromatic rings. The molecule has 0 fully saturated rings. The van der Waals surface area contributed by atoms with Crippen LogP contribution in [0.1, 0.15) is 0 Å². The molecule has 0 saturated carbocycles. The van der Waals surface area contributed by atoms with Gasteiger partial charge in [0.2, 0.25) is 0 Å². The minimum absolute atomic E-state index is 0.0110. The zero-order chi connectivity index (χ0) is 14.1. The SMILES string of the molecule is FC(F)(F)C(F)(F)N=C=NC(F)(F)C(F)(F)F. The number of hydrogen-bond acceptors (Lipinski definition) is 2. The molecule has 2 nitrogen and oxygen atoms in total. The molecule has 0 amide bonds. The van der Waals surface area contributed by atoms with Crippen molar-refractivity contribution >= 4 is 6.01 Å². The molecular formula is C5F10N2. The molecule has 0 aliphatic rings. The van der Waals surface area contributed by atoms with E-state index in [0.717, 1.165) is 9.98 Å². The van der Waals surface area contributed by atoms with E-state index in [-0.39, 0.29) is 6.01 Å². The lowest BCUT2D eigenvalue weighted by molar-refractivity contribution is -0.279. The summed E-state index contributed by atoms with van der Waals surface area (Å²) in [6.07, 6.45) is -12.5. The van der Waals surface area contributed by atoms with Crippen LogP contribution in [0.2, 0.25) is 0 Å². The molecule has 0 aliphatic heterocycles. The molecule has 0 bridgehead atoms. The molecule has 17 heavy (non-hydrogen) atoms. The van der Waals surface area contributed by atoms with Crippen LogP contribution < -0.4 is 0 Å². The lowest BCUT2D eigenvalue weighted by Crippen LogP contribution is -2.35. The number of halogens is 10. The smallest absolute Gasteiger partial charge is 0.170 e. The Balaban J connectivity index is 5.11. The van der Waals surface area contributed by atoms with Crippen LogP contribution in [0.4, 0.5) is 43.9 Å².